The molecule has 1 aliphatic carbocycles. The van der Waals surface area contributed by atoms with Crippen LogP contribution in [0.25, 0.3) is 32.8 Å². The molecule has 1 nitrogen and oxygen atoms in total. The second-order valence-electron chi connectivity index (χ2n) is 5.57. The minimum atomic E-state index is 1.05. The van der Waals surface area contributed by atoms with Gasteiger partial charge in [-0.05, 0) is 52.3 Å². The van der Waals surface area contributed by atoms with E-state index in [0.717, 1.165) is 6.42 Å². The Morgan fingerprint density at radius 3 is 2.65 bits per heavy atom. The van der Waals surface area contributed by atoms with Crippen LogP contribution in [-0.4, -0.2) is 4.98 Å². The summed E-state index contributed by atoms with van der Waals surface area (Å²) in [5.74, 6) is 0. The molecule has 0 fully saturated rings. The highest BCUT2D eigenvalue weighted by atomic mass is 14.7. The highest BCUT2D eigenvalue weighted by Crippen LogP contribution is 2.39. The Bertz CT molecular complexity index is 976. The van der Waals surface area contributed by atoms with Gasteiger partial charge in [-0.15, -0.1) is 0 Å². The van der Waals surface area contributed by atoms with Crippen molar-refractivity contribution in [3.05, 3.63) is 71.9 Å². The largest absolute Gasteiger partial charge is 0.361 e. The van der Waals surface area contributed by atoms with Crippen molar-refractivity contribution in [3.63, 3.8) is 0 Å². The number of benzene rings is 3. The Morgan fingerprint density at radius 1 is 0.750 bits per heavy atom. The molecule has 1 heterocycles. The molecule has 1 aromatic heterocycles. The Labute approximate surface area is 116 Å². The predicted molar refractivity (Wildman–Crippen MR) is 84.0 cm³/mol. The van der Waals surface area contributed by atoms with Crippen LogP contribution in [0.2, 0.25) is 0 Å². The number of hydrogen-bond donors (Lipinski definition) is 1. The van der Waals surface area contributed by atoms with Crippen LogP contribution in [0.15, 0.2) is 60.8 Å². The summed E-state index contributed by atoms with van der Waals surface area (Å²) < 4.78 is 0. The van der Waals surface area contributed by atoms with Crippen LogP contribution in [0.5, 0.6) is 0 Å². The first-order chi connectivity index (χ1) is 9.90. The van der Waals surface area contributed by atoms with Crippen LogP contribution in [0.4, 0.5) is 0 Å². The molecule has 0 radical (unpaired) electrons. The predicted octanol–water partition coefficient (Wildman–Crippen LogP) is 4.89. The topological polar surface area (TPSA) is 15.8 Å². The summed E-state index contributed by atoms with van der Waals surface area (Å²) in [6.07, 6.45) is 3.07. The van der Waals surface area contributed by atoms with Crippen molar-refractivity contribution in [3.8, 4) is 11.1 Å². The molecule has 4 aromatic rings. The van der Waals surface area contributed by atoms with E-state index in [1.807, 2.05) is 6.20 Å². The maximum atomic E-state index is 3.37. The van der Waals surface area contributed by atoms with E-state index in [1.54, 1.807) is 0 Å². The van der Waals surface area contributed by atoms with Crippen LogP contribution in [0.3, 0.4) is 0 Å². The van der Waals surface area contributed by atoms with Gasteiger partial charge in [0.1, 0.15) is 0 Å². The van der Waals surface area contributed by atoms with Crippen LogP contribution in [-0.2, 0) is 6.42 Å². The van der Waals surface area contributed by atoms with Crippen molar-refractivity contribution in [2.24, 2.45) is 0 Å². The second-order valence-corrected chi connectivity index (χ2v) is 5.57. The average molecular weight is 255 g/mol. The average Bonchev–Trinajstić information content (AvgIpc) is 3.09. The molecule has 0 saturated heterocycles. The van der Waals surface area contributed by atoms with E-state index in [4.69, 9.17) is 0 Å². The number of nitrogens with one attached hydrogen (secondary N) is 1. The summed E-state index contributed by atoms with van der Waals surface area (Å²) in [4.78, 5) is 3.37. The van der Waals surface area contributed by atoms with Gasteiger partial charge in [0.2, 0.25) is 0 Å². The van der Waals surface area contributed by atoms with Crippen LogP contribution in [0.1, 0.15) is 11.1 Å². The summed E-state index contributed by atoms with van der Waals surface area (Å²) in [7, 11) is 0. The maximum Gasteiger partial charge on any atom is 0.0533 e. The molecule has 94 valence electrons. The van der Waals surface area contributed by atoms with E-state index in [9.17, 15) is 0 Å². The van der Waals surface area contributed by atoms with Gasteiger partial charge in [0.05, 0.1) is 5.52 Å². The molecule has 0 aliphatic heterocycles. The third-order valence-electron chi connectivity index (χ3n) is 4.45. The van der Waals surface area contributed by atoms with Crippen LogP contribution in [0, 0.1) is 0 Å². The highest BCUT2D eigenvalue weighted by Gasteiger charge is 2.18. The molecule has 20 heavy (non-hydrogen) atoms. The number of aromatic amines is 1. The van der Waals surface area contributed by atoms with E-state index in [2.05, 4.69) is 59.6 Å². The highest BCUT2D eigenvalue weighted by molar-refractivity contribution is 6.07. The lowest BCUT2D eigenvalue weighted by molar-refractivity contribution is 1.27. The second kappa shape index (κ2) is 3.51. The normalized spacial score (nSPS) is 12.8. The lowest BCUT2D eigenvalue weighted by Crippen LogP contribution is -1.83. The molecule has 0 atom stereocenters. The van der Waals surface area contributed by atoms with E-state index in [0.29, 0.717) is 0 Å². The van der Waals surface area contributed by atoms with Crippen molar-refractivity contribution >= 4 is 21.7 Å². The molecule has 0 bridgehead atoms. The lowest BCUT2D eigenvalue weighted by Gasteiger charge is -2.05. The Kier molecular flexibility index (Phi) is 1.80. The van der Waals surface area contributed by atoms with Crippen LogP contribution >= 0.6 is 0 Å². The fourth-order valence-electron chi connectivity index (χ4n) is 3.49. The van der Waals surface area contributed by atoms with E-state index < -0.39 is 0 Å². The number of aromatic nitrogens is 1. The fourth-order valence-corrected chi connectivity index (χ4v) is 3.49. The lowest BCUT2D eigenvalue weighted by atomic mass is 9.99. The molecule has 1 aliphatic rings. The van der Waals surface area contributed by atoms with Crippen molar-refractivity contribution < 1.29 is 0 Å². The summed E-state index contributed by atoms with van der Waals surface area (Å²) in [6, 6.07) is 20.0. The van der Waals surface area contributed by atoms with Gasteiger partial charge in [-0.3, -0.25) is 0 Å². The zero-order chi connectivity index (χ0) is 13.1. The van der Waals surface area contributed by atoms with Gasteiger partial charge in [-0.25, -0.2) is 0 Å². The van der Waals surface area contributed by atoms with Gasteiger partial charge in [-0.2, -0.15) is 0 Å². The van der Waals surface area contributed by atoms with Gasteiger partial charge in [0, 0.05) is 17.0 Å². The van der Waals surface area contributed by atoms with Gasteiger partial charge >= 0.3 is 0 Å². The third-order valence-corrected chi connectivity index (χ3v) is 4.45. The SMILES string of the molecule is c1ccc2c(c1)Cc1cc3c(ccc4cc[nH]c43)cc1-2. The van der Waals surface area contributed by atoms with Crippen LogP contribution < -0.4 is 0 Å². The van der Waals surface area contributed by atoms with Crippen molar-refractivity contribution in [1.82, 2.24) is 4.98 Å². The number of hydrogen-bond acceptors (Lipinski definition) is 0. The molecule has 0 amide bonds. The smallest absolute Gasteiger partial charge is 0.0533 e. The molecule has 1 heteroatoms. The van der Waals surface area contributed by atoms with Crippen molar-refractivity contribution in [2.45, 2.75) is 6.42 Å². The molecule has 3 aromatic carbocycles. The zero-order valence-electron chi connectivity index (χ0n) is 11.0. The Balaban J connectivity index is 1.91. The minimum absolute atomic E-state index is 1.05. The first-order valence-corrected chi connectivity index (χ1v) is 7.01. The number of fused-ring (bicyclic) bond motifs is 6. The van der Waals surface area contributed by atoms with Crippen molar-refractivity contribution in [2.75, 3.05) is 0 Å². The summed E-state index contributed by atoms with van der Waals surface area (Å²) in [5.41, 5.74) is 6.94. The van der Waals surface area contributed by atoms with Gasteiger partial charge in [-0.1, -0.05) is 36.4 Å². The standard InChI is InChI=1S/C19H13N/c1-2-4-16-13(3-1)9-15-11-18-14(10-17(15)16)6-5-12-7-8-20-19(12)18/h1-8,10-11,20H,9H2. The summed E-state index contributed by atoms with van der Waals surface area (Å²) in [6.45, 7) is 0. The molecule has 0 saturated carbocycles. The molecule has 5 rings (SSSR count). The van der Waals surface area contributed by atoms with Gasteiger partial charge in [0.25, 0.3) is 0 Å². The number of H-pyrrole nitrogens is 1. The van der Waals surface area contributed by atoms with Gasteiger partial charge in [0.15, 0.2) is 0 Å². The third kappa shape index (κ3) is 1.22. The fraction of sp³-hybridized carbons (Fsp3) is 0.0526. The van der Waals surface area contributed by atoms with Crippen molar-refractivity contribution in [1.29, 1.82) is 0 Å². The maximum absolute atomic E-state index is 3.37. The molecular weight excluding hydrogens is 242 g/mol. The molecule has 0 spiro atoms. The first-order valence-electron chi connectivity index (χ1n) is 7.01. The molecular formula is C19H13N. The monoisotopic (exact) mass is 255 g/mol. The Hall–Kier alpha value is -2.54. The first kappa shape index (κ1) is 10.3. The quantitative estimate of drug-likeness (QED) is 0.405. The van der Waals surface area contributed by atoms with Gasteiger partial charge < -0.3 is 4.98 Å². The molecule has 1 N–H and O–H groups in total. The Morgan fingerprint density at radius 2 is 1.65 bits per heavy atom. The van der Waals surface area contributed by atoms with E-state index in [-0.39, 0.29) is 0 Å². The molecule has 0 unspecified atom stereocenters. The van der Waals surface area contributed by atoms with E-state index >= 15 is 0 Å². The summed E-state index contributed by atoms with van der Waals surface area (Å²) >= 11 is 0. The number of rotatable bonds is 0. The zero-order valence-corrected chi connectivity index (χ0v) is 11.0. The van der Waals surface area contributed by atoms with E-state index in [1.165, 1.54) is 43.9 Å². The minimum Gasteiger partial charge on any atom is -0.361 e. The summed E-state index contributed by atoms with van der Waals surface area (Å²) in [5, 5.41) is 3.93.